The Morgan fingerprint density at radius 3 is 2.67 bits per heavy atom. The number of para-hydroxylation sites is 1. The Kier molecular flexibility index (Phi) is 6.44. The normalized spacial score (nSPS) is 17.4. The number of carbonyl (C=O) groups excluding carboxylic acids is 1. The summed E-state index contributed by atoms with van der Waals surface area (Å²) in [5.74, 6) is -0.403. The summed E-state index contributed by atoms with van der Waals surface area (Å²) in [6.07, 6.45) is 3.30. The average molecular weight is 530 g/mol. The number of sulfonamides is 1. The number of nitrogens with zero attached hydrogens (tertiary/aromatic N) is 4. The van der Waals surface area contributed by atoms with E-state index in [-0.39, 0.29) is 24.1 Å². The number of piperazine rings is 1. The molecule has 1 amide bonds. The first-order chi connectivity index (χ1) is 17.2. The first-order valence-electron chi connectivity index (χ1n) is 11.6. The molecule has 5 rings (SSSR count). The van der Waals surface area contributed by atoms with E-state index in [1.54, 1.807) is 53.4 Å². The summed E-state index contributed by atoms with van der Waals surface area (Å²) in [7, 11) is -3.71. The third-order valence-electron chi connectivity index (χ3n) is 6.54. The highest BCUT2D eigenvalue weighted by atomic mass is 32.2. The maximum absolute atomic E-state index is 14.5. The number of nitrogens with one attached hydrogen (secondary N) is 1. The van der Waals surface area contributed by atoms with Crippen LogP contribution in [0.5, 0.6) is 0 Å². The topological polar surface area (TPSA) is 87.5 Å². The number of fused-ring (bicyclic) bond motifs is 1. The van der Waals surface area contributed by atoms with Gasteiger partial charge in [0.15, 0.2) is 5.13 Å². The van der Waals surface area contributed by atoms with Gasteiger partial charge in [-0.1, -0.05) is 12.1 Å². The van der Waals surface area contributed by atoms with Crippen molar-refractivity contribution >= 4 is 49.0 Å². The molecule has 11 heteroatoms. The van der Waals surface area contributed by atoms with Crippen molar-refractivity contribution in [1.29, 1.82) is 0 Å². The van der Waals surface area contributed by atoms with Crippen molar-refractivity contribution in [2.45, 2.75) is 30.8 Å². The van der Waals surface area contributed by atoms with Crippen LogP contribution >= 0.6 is 11.3 Å². The molecule has 8 nitrogen and oxygen atoms in total. The van der Waals surface area contributed by atoms with Gasteiger partial charge in [0.2, 0.25) is 5.91 Å². The molecular weight excluding hydrogens is 501 g/mol. The maximum atomic E-state index is 14.5. The maximum Gasteiger partial charge on any atom is 0.263 e. The SMILES string of the molecule is CC1CN(c2ccc(S(=O)(=O)Nc3nccs3)cc2)CCN1C(=O)[C@@H](C)n1ccc2cccc(F)c21.[HH]. The van der Waals surface area contributed by atoms with E-state index in [4.69, 9.17) is 0 Å². The smallest absolute Gasteiger partial charge is 0.263 e. The first kappa shape index (κ1) is 24.3. The molecule has 1 N–H and O–H groups in total. The van der Waals surface area contributed by atoms with Crippen molar-refractivity contribution in [2.75, 3.05) is 29.3 Å². The van der Waals surface area contributed by atoms with Crippen molar-refractivity contribution in [3.8, 4) is 0 Å². The third kappa shape index (κ3) is 4.56. The zero-order valence-electron chi connectivity index (χ0n) is 19.8. The van der Waals surface area contributed by atoms with Gasteiger partial charge in [-0.15, -0.1) is 11.3 Å². The average Bonchev–Trinajstić information content (AvgIpc) is 3.53. The Balaban J connectivity index is 0.00000320. The minimum Gasteiger partial charge on any atom is -0.368 e. The number of aromatic nitrogens is 2. The number of amides is 1. The Morgan fingerprint density at radius 2 is 1.97 bits per heavy atom. The molecule has 2 aromatic carbocycles. The predicted molar refractivity (Wildman–Crippen MR) is 141 cm³/mol. The zero-order chi connectivity index (χ0) is 25.4. The molecule has 4 aromatic rings. The second-order valence-electron chi connectivity index (χ2n) is 8.84. The standard InChI is InChI=1S/C25H26FN5O3S2.H2/c1-17-16-29(20-6-8-21(9-7-20)36(33,34)28-25-27-11-15-35-25)13-14-30(17)24(32)18(2)31-12-10-19-4-3-5-22(26)23(19)31;/h3-12,15,17-18H,13-14,16H2,1-2H3,(H,27,28);1H/t17?,18-;/m1./s1. The molecule has 0 bridgehead atoms. The lowest BCUT2D eigenvalue weighted by Crippen LogP contribution is -2.55. The van der Waals surface area contributed by atoms with Gasteiger partial charge in [0, 0.05) is 56.0 Å². The lowest BCUT2D eigenvalue weighted by molar-refractivity contribution is -0.136. The molecule has 2 aromatic heterocycles. The molecule has 0 radical (unpaired) electrons. The van der Waals surface area contributed by atoms with Crippen molar-refractivity contribution in [1.82, 2.24) is 14.5 Å². The van der Waals surface area contributed by atoms with Crippen LogP contribution in [0.1, 0.15) is 21.3 Å². The zero-order valence-corrected chi connectivity index (χ0v) is 21.5. The van der Waals surface area contributed by atoms with E-state index in [1.165, 1.54) is 23.6 Å². The highest BCUT2D eigenvalue weighted by molar-refractivity contribution is 7.93. The summed E-state index contributed by atoms with van der Waals surface area (Å²) in [6.45, 7) is 5.50. The minimum absolute atomic E-state index is 0. The monoisotopic (exact) mass is 529 g/mol. The molecule has 1 fully saturated rings. The van der Waals surface area contributed by atoms with Crippen LogP contribution in [-0.2, 0) is 14.8 Å². The summed E-state index contributed by atoms with van der Waals surface area (Å²) in [6, 6.07) is 12.8. The Bertz CT molecular complexity index is 1490. The lowest BCUT2D eigenvalue weighted by atomic mass is 10.1. The number of anilines is 2. The van der Waals surface area contributed by atoms with Crippen molar-refractivity contribution in [2.24, 2.45) is 0 Å². The second kappa shape index (κ2) is 9.55. The predicted octanol–water partition coefficient (Wildman–Crippen LogP) is 4.58. The molecule has 1 aliphatic heterocycles. The van der Waals surface area contributed by atoms with Gasteiger partial charge in [-0.25, -0.2) is 17.8 Å². The molecule has 1 aliphatic rings. The van der Waals surface area contributed by atoms with Crippen LogP contribution < -0.4 is 9.62 Å². The van der Waals surface area contributed by atoms with E-state index in [1.807, 2.05) is 24.0 Å². The number of hydrogen-bond donors (Lipinski definition) is 1. The summed E-state index contributed by atoms with van der Waals surface area (Å²) < 4.78 is 43.8. The van der Waals surface area contributed by atoms with Gasteiger partial charge < -0.3 is 14.4 Å². The van der Waals surface area contributed by atoms with Crippen LogP contribution in [0.15, 0.2) is 71.2 Å². The molecule has 1 unspecified atom stereocenters. The van der Waals surface area contributed by atoms with E-state index in [0.29, 0.717) is 30.3 Å². The molecule has 0 saturated carbocycles. The molecule has 2 atom stereocenters. The molecule has 190 valence electrons. The van der Waals surface area contributed by atoms with Crippen LogP contribution in [0.25, 0.3) is 10.9 Å². The quantitative estimate of drug-likeness (QED) is 0.395. The highest BCUT2D eigenvalue weighted by Gasteiger charge is 2.31. The van der Waals surface area contributed by atoms with Crippen LogP contribution in [0.4, 0.5) is 15.2 Å². The fourth-order valence-electron chi connectivity index (χ4n) is 4.66. The number of hydrogen-bond acceptors (Lipinski definition) is 6. The first-order valence-corrected chi connectivity index (χ1v) is 13.9. The van der Waals surface area contributed by atoms with Crippen LogP contribution in [0.2, 0.25) is 0 Å². The van der Waals surface area contributed by atoms with Gasteiger partial charge in [-0.3, -0.25) is 9.52 Å². The molecule has 3 heterocycles. The van der Waals surface area contributed by atoms with Gasteiger partial charge in [-0.2, -0.15) is 0 Å². The van der Waals surface area contributed by atoms with Crippen LogP contribution in [0, 0.1) is 5.82 Å². The highest BCUT2D eigenvalue weighted by Crippen LogP contribution is 2.27. The number of carbonyl (C=O) groups is 1. The molecule has 0 spiro atoms. The Hall–Kier alpha value is -3.44. The number of thiazole rings is 1. The van der Waals surface area contributed by atoms with Crippen molar-refractivity contribution < 1.29 is 19.0 Å². The van der Waals surface area contributed by atoms with Crippen LogP contribution in [0.3, 0.4) is 0 Å². The molecule has 36 heavy (non-hydrogen) atoms. The van der Waals surface area contributed by atoms with Gasteiger partial charge in [0.05, 0.1) is 10.4 Å². The van der Waals surface area contributed by atoms with Gasteiger partial charge >= 0.3 is 0 Å². The van der Waals surface area contributed by atoms with E-state index in [0.717, 1.165) is 11.1 Å². The van der Waals surface area contributed by atoms with E-state index in [9.17, 15) is 17.6 Å². The third-order valence-corrected chi connectivity index (χ3v) is 8.71. The van der Waals surface area contributed by atoms with Crippen LogP contribution in [-0.4, -0.2) is 54.5 Å². The van der Waals surface area contributed by atoms with Gasteiger partial charge in [0.25, 0.3) is 10.0 Å². The molecule has 1 saturated heterocycles. The van der Waals surface area contributed by atoms with E-state index in [2.05, 4.69) is 14.6 Å². The largest absolute Gasteiger partial charge is 0.368 e. The summed E-state index contributed by atoms with van der Waals surface area (Å²) >= 11 is 1.21. The number of halogens is 1. The fraction of sp³-hybridized carbons (Fsp3) is 0.280. The second-order valence-corrected chi connectivity index (χ2v) is 11.4. The summed E-state index contributed by atoms with van der Waals surface area (Å²) in [4.78, 5) is 21.5. The molecule has 0 aliphatic carbocycles. The van der Waals surface area contributed by atoms with E-state index >= 15 is 0 Å². The van der Waals surface area contributed by atoms with E-state index < -0.39 is 16.1 Å². The van der Waals surface area contributed by atoms with Crippen molar-refractivity contribution in [3.63, 3.8) is 0 Å². The molecular formula is C25H28FN5O3S2. The van der Waals surface area contributed by atoms with Crippen molar-refractivity contribution in [3.05, 3.63) is 72.1 Å². The fourth-order valence-corrected chi connectivity index (χ4v) is 6.45. The summed E-state index contributed by atoms with van der Waals surface area (Å²) in [5.41, 5.74) is 1.32. The minimum atomic E-state index is -3.71. The Morgan fingerprint density at radius 1 is 1.19 bits per heavy atom. The number of benzene rings is 2. The Labute approximate surface area is 214 Å². The number of rotatable bonds is 6. The summed E-state index contributed by atoms with van der Waals surface area (Å²) in [5, 5.41) is 2.78. The lowest BCUT2D eigenvalue weighted by Gasteiger charge is -2.42. The van der Waals surface area contributed by atoms with Gasteiger partial charge in [0.1, 0.15) is 11.9 Å². The van der Waals surface area contributed by atoms with Gasteiger partial charge in [-0.05, 0) is 50.2 Å².